The number of anilines is 3. The van der Waals surface area contributed by atoms with E-state index < -0.39 is 0 Å². The van der Waals surface area contributed by atoms with Crippen molar-refractivity contribution in [3.05, 3.63) is 262 Å². The van der Waals surface area contributed by atoms with E-state index >= 15 is 0 Å². The lowest BCUT2D eigenvalue weighted by Crippen LogP contribution is -2.16. The van der Waals surface area contributed by atoms with Gasteiger partial charge < -0.3 is 0 Å². The van der Waals surface area contributed by atoms with Crippen molar-refractivity contribution in [2.24, 2.45) is 0 Å². The highest BCUT2D eigenvalue weighted by molar-refractivity contribution is 5.84. The first-order valence-corrected chi connectivity index (χ1v) is 23.5. The lowest BCUT2D eigenvalue weighted by Gasteiger charge is -2.28. The fourth-order valence-corrected chi connectivity index (χ4v) is 10.1. The summed E-state index contributed by atoms with van der Waals surface area (Å²) in [7, 11) is 0. The highest BCUT2D eigenvalue weighted by atomic mass is 15.3. The van der Waals surface area contributed by atoms with E-state index in [2.05, 4.69) is 241 Å². The van der Waals surface area contributed by atoms with Crippen molar-refractivity contribution in [1.29, 1.82) is 0 Å². The van der Waals surface area contributed by atoms with Gasteiger partial charge in [0.15, 0.2) is 11.6 Å². The highest BCUT2D eigenvalue weighted by Gasteiger charge is 2.26. The Kier molecular flexibility index (Phi) is 12.2. The van der Waals surface area contributed by atoms with Crippen LogP contribution in [0.1, 0.15) is 56.0 Å². The Labute approximate surface area is 401 Å². The molecule has 0 aliphatic rings. The quantitative estimate of drug-likeness (QED) is 0.121. The third-order valence-corrected chi connectivity index (χ3v) is 13.1. The predicted octanol–water partition coefficient (Wildman–Crippen LogP) is 16.7. The molecule has 0 fully saturated rings. The van der Waals surface area contributed by atoms with Crippen LogP contribution in [0.25, 0.3) is 56.2 Å². The van der Waals surface area contributed by atoms with Gasteiger partial charge in [-0.1, -0.05) is 199 Å². The van der Waals surface area contributed by atoms with Crippen LogP contribution in [0.3, 0.4) is 0 Å². The Balaban J connectivity index is 1.14. The summed E-state index contributed by atoms with van der Waals surface area (Å²) in [6.07, 6.45) is 0. The van der Waals surface area contributed by atoms with Crippen LogP contribution in [-0.2, 0) is 0 Å². The van der Waals surface area contributed by atoms with Crippen LogP contribution in [0.2, 0.25) is 0 Å². The summed E-state index contributed by atoms with van der Waals surface area (Å²) in [5.74, 6) is 1.75. The van der Waals surface area contributed by atoms with Crippen molar-refractivity contribution in [2.45, 2.75) is 47.5 Å². The first kappa shape index (κ1) is 43.7. The lowest BCUT2D eigenvalue weighted by molar-refractivity contribution is 0.919. The van der Waals surface area contributed by atoms with Gasteiger partial charge in [-0.2, -0.15) is 9.97 Å². The van der Waals surface area contributed by atoms with Gasteiger partial charge >= 0.3 is 0 Å². The normalized spacial score (nSPS) is 11.2. The molecule has 0 unspecified atom stereocenters. The van der Waals surface area contributed by atoms with E-state index in [1.165, 1.54) is 66.8 Å². The molecule has 1 heterocycles. The zero-order valence-corrected chi connectivity index (χ0v) is 39.6. The van der Waals surface area contributed by atoms with E-state index in [1.807, 2.05) is 18.2 Å². The molecule has 9 aromatic carbocycles. The van der Waals surface area contributed by atoms with Gasteiger partial charge in [-0.3, -0.25) is 4.90 Å². The summed E-state index contributed by atoms with van der Waals surface area (Å²) in [5, 5.41) is 0. The number of hydrogen-bond donors (Lipinski definition) is 0. The Bertz CT molecular complexity index is 3280. The Morgan fingerprint density at radius 2 is 0.735 bits per heavy atom. The second-order valence-corrected chi connectivity index (χ2v) is 18.0. The van der Waals surface area contributed by atoms with E-state index in [9.17, 15) is 0 Å². The zero-order valence-electron chi connectivity index (χ0n) is 39.6. The summed E-state index contributed by atoms with van der Waals surface area (Å²) in [5.41, 5.74) is 22.3. The van der Waals surface area contributed by atoms with Gasteiger partial charge in [-0.05, 0) is 138 Å². The summed E-state index contributed by atoms with van der Waals surface area (Å²) in [6.45, 7) is 13.4. The average molecular weight is 879 g/mol. The van der Waals surface area contributed by atoms with Crippen molar-refractivity contribution in [1.82, 2.24) is 15.0 Å². The van der Waals surface area contributed by atoms with Crippen LogP contribution in [-0.4, -0.2) is 15.0 Å². The van der Waals surface area contributed by atoms with Crippen molar-refractivity contribution < 1.29 is 0 Å². The number of aryl methyl sites for hydroxylation is 6. The Morgan fingerprint density at radius 1 is 0.324 bits per heavy atom. The molecular formula is C64H54N4. The second kappa shape index (κ2) is 18.9. The molecule has 0 saturated carbocycles. The maximum absolute atomic E-state index is 5.37. The standard InChI is InChI=1S/C64H54N4/c1-42-37-44(3)59(45(4)38-42)61(60-46(5)39-43(2)40-47(60)6)51-33-35-55(36-34-51)68(56-26-18-25-54(41-56)48-19-10-7-11-20-48)64-66-62(52-23-14-9-15-24-52)65-63(67-64)53-31-29-50(30-32-53)58-28-17-16-27-57(58)49-21-12-8-13-22-49/h7-41,61H,1-6H3. The molecule has 0 saturated heterocycles. The summed E-state index contributed by atoms with van der Waals surface area (Å²) in [6, 6.07) is 75.5. The van der Waals surface area contributed by atoms with E-state index in [-0.39, 0.29) is 5.92 Å². The zero-order chi connectivity index (χ0) is 46.7. The molecule has 0 atom stereocenters. The smallest absolute Gasteiger partial charge is 0.238 e. The summed E-state index contributed by atoms with van der Waals surface area (Å²) < 4.78 is 0. The van der Waals surface area contributed by atoms with Crippen molar-refractivity contribution in [3.63, 3.8) is 0 Å². The largest absolute Gasteiger partial charge is 0.279 e. The molecule has 10 rings (SSSR count). The van der Waals surface area contributed by atoms with Gasteiger partial charge in [0.05, 0.1) is 0 Å². The Morgan fingerprint density at radius 3 is 1.25 bits per heavy atom. The molecule has 0 N–H and O–H groups in total. The van der Waals surface area contributed by atoms with Crippen LogP contribution in [0.15, 0.2) is 212 Å². The fourth-order valence-electron chi connectivity index (χ4n) is 10.1. The minimum atomic E-state index is 0.0381. The third kappa shape index (κ3) is 8.89. The maximum Gasteiger partial charge on any atom is 0.238 e. The van der Waals surface area contributed by atoms with Crippen LogP contribution < -0.4 is 4.90 Å². The number of aromatic nitrogens is 3. The third-order valence-electron chi connectivity index (χ3n) is 13.1. The van der Waals surface area contributed by atoms with Gasteiger partial charge in [0, 0.05) is 28.4 Å². The number of benzene rings is 9. The number of rotatable bonds is 11. The van der Waals surface area contributed by atoms with Gasteiger partial charge in [-0.15, -0.1) is 0 Å². The first-order valence-electron chi connectivity index (χ1n) is 23.5. The molecule has 68 heavy (non-hydrogen) atoms. The molecule has 4 nitrogen and oxygen atoms in total. The van der Waals surface area contributed by atoms with Gasteiger partial charge in [0.1, 0.15) is 0 Å². The molecule has 0 aliphatic heterocycles. The second-order valence-electron chi connectivity index (χ2n) is 18.0. The van der Waals surface area contributed by atoms with E-state index in [1.54, 1.807) is 0 Å². The van der Waals surface area contributed by atoms with E-state index in [0.717, 1.165) is 39.2 Å². The SMILES string of the molecule is Cc1cc(C)c(C(c2ccc(N(c3cccc(-c4ccccc4)c3)c3nc(-c4ccccc4)nc(-c4ccc(-c5ccccc5-c5ccccc5)cc4)n3)cc2)c2c(C)cc(C)cc2C)c(C)c1. The minimum Gasteiger partial charge on any atom is -0.279 e. The van der Waals surface area contributed by atoms with Crippen LogP contribution in [0.4, 0.5) is 17.3 Å². The molecule has 0 bridgehead atoms. The predicted molar refractivity (Wildman–Crippen MR) is 284 cm³/mol. The molecule has 0 spiro atoms. The molecular weight excluding hydrogens is 825 g/mol. The molecule has 330 valence electrons. The molecule has 4 heteroatoms. The first-order chi connectivity index (χ1) is 33.2. The van der Waals surface area contributed by atoms with E-state index in [0.29, 0.717) is 17.6 Å². The molecule has 10 aromatic rings. The monoisotopic (exact) mass is 878 g/mol. The minimum absolute atomic E-state index is 0.0381. The van der Waals surface area contributed by atoms with Crippen molar-refractivity contribution >= 4 is 17.3 Å². The fraction of sp³-hybridized carbons (Fsp3) is 0.109. The topological polar surface area (TPSA) is 41.9 Å². The van der Waals surface area contributed by atoms with E-state index in [4.69, 9.17) is 15.0 Å². The van der Waals surface area contributed by atoms with Crippen LogP contribution in [0, 0.1) is 41.5 Å². The maximum atomic E-state index is 5.37. The van der Waals surface area contributed by atoms with Gasteiger partial charge in [0.2, 0.25) is 5.95 Å². The summed E-state index contributed by atoms with van der Waals surface area (Å²) >= 11 is 0. The average Bonchev–Trinajstić information content (AvgIpc) is 3.36. The highest BCUT2D eigenvalue weighted by Crippen LogP contribution is 2.43. The summed E-state index contributed by atoms with van der Waals surface area (Å²) in [4.78, 5) is 18.0. The van der Waals surface area contributed by atoms with Gasteiger partial charge in [0.25, 0.3) is 0 Å². The molecule has 0 aliphatic carbocycles. The molecule has 0 radical (unpaired) electrons. The van der Waals surface area contributed by atoms with Gasteiger partial charge in [-0.25, -0.2) is 4.98 Å². The molecule has 1 aromatic heterocycles. The number of nitrogens with zero attached hydrogens (tertiary/aromatic N) is 4. The van der Waals surface area contributed by atoms with Crippen molar-refractivity contribution in [2.75, 3.05) is 4.90 Å². The van der Waals surface area contributed by atoms with Crippen LogP contribution in [0.5, 0.6) is 0 Å². The lowest BCUT2D eigenvalue weighted by atomic mass is 9.77. The van der Waals surface area contributed by atoms with Crippen molar-refractivity contribution in [3.8, 4) is 56.2 Å². The molecule has 0 amide bonds. The Hall–Kier alpha value is -8.21. The van der Waals surface area contributed by atoms with Crippen LogP contribution >= 0.6 is 0 Å². The number of hydrogen-bond acceptors (Lipinski definition) is 4.